The summed E-state index contributed by atoms with van der Waals surface area (Å²) in [5.41, 5.74) is 21.5. The molecule has 0 spiro atoms. The molecule has 0 unspecified atom stereocenters. The Labute approximate surface area is 368 Å². The van der Waals surface area contributed by atoms with Crippen LogP contribution in [-0.4, -0.2) is 0 Å². The molecule has 0 fully saturated rings. The van der Waals surface area contributed by atoms with Gasteiger partial charge in [-0.1, -0.05) is 84.9 Å². The smallest absolute Gasteiger partial charge is 0.142 e. The first-order chi connectivity index (χ1) is 30.4. The van der Waals surface area contributed by atoms with Crippen molar-refractivity contribution in [2.24, 2.45) is 0 Å². The number of furan rings is 2. The monoisotopic (exact) mass is 818 g/mol. The molecule has 0 N–H and O–H groups in total. The van der Waals surface area contributed by atoms with Crippen LogP contribution in [0.2, 0.25) is 0 Å². The molecule has 0 saturated carbocycles. The van der Waals surface area contributed by atoms with E-state index in [2.05, 4.69) is 212 Å². The summed E-state index contributed by atoms with van der Waals surface area (Å²) in [5.74, 6) is 0. The molecule has 0 amide bonds. The van der Waals surface area contributed by atoms with Gasteiger partial charge in [-0.05, 0) is 183 Å². The lowest BCUT2D eigenvalue weighted by atomic mass is 9.99. The van der Waals surface area contributed by atoms with Gasteiger partial charge in [0.05, 0.1) is 22.7 Å². The molecule has 0 aliphatic heterocycles. The van der Waals surface area contributed by atoms with Gasteiger partial charge in [-0.25, -0.2) is 0 Å². The van der Waals surface area contributed by atoms with Gasteiger partial charge in [-0.15, -0.1) is 0 Å². The van der Waals surface area contributed by atoms with Crippen molar-refractivity contribution < 1.29 is 8.83 Å². The Morgan fingerprint density at radius 2 is 0.619 bits per heavy atom. The lowest BCUT2D eigenvalue weighted by Crippen LogP contribution is -2.15. The van der Waals surface area contributed by atoms with E-state index in [0.717, 1.165) is 71.6 Å². The zero-order valence-corrected chi connectivity index (χ0v) is 37.5. The lowest BCUT2D eigenvalue weighted by Gasteiger charge is -2.31. The highest BCUT2D eigenvalue weighted by Gasteiger charge is 2.24. The fourth-order valence-corrected chi connectivity index (χ4v) is 10.4. The zero-order chi connectivity index (χ0) is 43.4. The van der Waals surface area contributed by atoms with Crippen molar-refractivity contribution in [1.82, 2.24) is 0 Å². The number of hydrogen-bond acceptors (Lipinski definition) is 4. The molecule has 4 heteroatoms. The van der Waals surface area contributed by atoms with Crippen molar-refractivity contribution in [2.75, 3.05) is 9.80 Å². The Balaban J connectivity index is 1.05. The second-order valence-corrected chi connectivity index (χ2v) is 17.9. The normalized spacial score (nSPS) is 11.9. The number of fused-ring (bicyclic) bond motifs is 8. The summed E-state index contributed by atoms with van der Waals surface area (Å²) in [7, 11) is 0. The Morgan fingerprint density at radius 1 is 0.302 bits per heavy atom. The number of aryl methyl sites for hydroxylation is 9. The van der Waals surface area contributed by atoms with Gasteiger partial charge in [0.2, 0.25) is 0 Å². The van der Waals surface area contributed by atoms with Gasteiger partial charge >= 0.3 is 0 Å². The molecule has 9 aromatic carbocycles. The fourth-order valence-electron chi connectivity index (χ4n) is 10.4. The van der Waals surface area contributed by atoms with Crippen LogP contribution in [0.25, 0.3) is 65.4 Å². The van der Waals surface area contributed by atoms with Crippen molar-refractivity contribution in [1.29, 1.82) is 0 Å². The summed E-state index contributed by atoms with van der Waals surface area (Å²) >= 11 is 0. The van der Waals surface area contributed by atoms with E-state index in [-0.39, 0.29) is 0 Å². The number of rotatable bonds is 6. The first-order valence-electron chi connectivity index (χ1n) is 22.0. The summed E-state index contributed by atoms with van der Waals surface area (Å²) in [6, 6.07) is 51.2. The molecular formula is C59H50N2O2. The van der Waals surface area contributed by atoms with Crippen LogP contribution in [0, 0.1) is 62.3 Å². The Morgan fingerprint density at radius 3 is 0.937 bits per heavy atom. The molecule has 0 aliphatic rings. The van der Waals surface area contributed by atoms with E-state index in [9.17, 15) is 0 Å². The number of benzene rings is 9. The minimum absolute atomic E-state index is 0.865. The van der Waals surface area contributed by atoms with Gasteiger partial charge in [0, 0.05) is 38.5 Å². The maximum absolute atomic E-state index is 6.80. The van der Waals surface area contributed by atoms with Crippen molar-refractivity contribution in [2.45, 2.75) is 62.3 Å². The zero-order valence-electron chi connectivity index (χ0n) is 37.5. The third-order valence-corrected chi connectivity index (χ3v) is 13.5. The van der Waals surface area contributed by atoms with Crippen LogP contribution in [0.5, 0.6) is 0 Å². The molecule has 2 heterocycles. The van der Waals surface area contributed by atoms with E-state index in [4.69, 9.17) is 8.83 Å². The first-order valence-corrected chi connectivity index (χ1v) is 22.0. The van der Waals surface area contributed by atoms with Gasteiger partial charge in [0.1, 0.15) is 22.3 Å². The quantitative estimate of drug-likeness (QED) is 0.167. The van der Waals surface area contributed by atoms with E-state index in [1.807, 2.05) is 0 Å². The van der Waals surface area contributed by atoms with E-state index < -0.39 is 0 Å². The van der Waals surface area contributed by atoms with E-state index in [1.54, 1.807) is 0 Å². The number of nitrogens with zero attached hydrogens (tertiary/aromatic N) is 2. The van der Waals surface area contributed by atoms with E-state index in [1.165, 1.54) is 78.0 Å². The van der Waals surface area contributed by atoms with Crippen LogP contribution < -0.4 is 9.80 Å². The molecule has 4 nitrogen and oxygen atoms in total. The van der Waals surface area contributed by atoms with Crippen LogP contribution >= 0.6 is 0 Å². The average molecular weight is 819 g/mol. The highest BCUT2D eigenvalue weighted by molar-refractivity contribution is 6.20. The third kappa shape index (κ3) is 6.03. The predicted molar refractivity (Wildman–Crippen MR) is 268 cm³/mol. The van der Waals surface area contributed by atoms with Gasteiger partial charge in [0.25, 0.3) is 0 Å². The molecule has 11 aromatic rings. The maximum atomic E-state index is 6.80. The average Bonchev–Trinajstić information content (AvgIpc) is 3.80. The largest absolute Gasteiger partial charge is 0.456 e. The molecule has 0 atom stereocenters. The first kappa shape index (κ1) is 38.6. The van der Waals surface area contributed by atoms with Crippen LogP contribution in [-0.2, 0) is 0 Å². The van der Waals surface area contributed by atoms with Crippen LogP contribution in [0.15, 0.2) is 148 Å². The van der Waals surface area contributed by atoms with Gasteiger partial charge in [-0.3, -0.25) is 0 Å². The van der Waals surface area contributed by atoms with Gasteiger partial charge in [0.15, 0.2) is 0 Å². The number of para-hydroxylation sites is 4. The topological polar surface area (TPSA) is 32.8 Å². The minimum atomic E-state index is 0.865. The summed E-state index contributed by atoms with van der Waals surface area (Å²) in [4.78, 5) is 4.88. The number of anilines is 6. The molecule has 0 radical (unpaired) electrons. The Hall–Kier alpha value is -7.30. The van der Waals surface area contributed by atoms with E-state index >= 15 is 0 Å². The fraction of sp³-hybridized carbons (Fsp3) is 0.153. The molecule has 63 heavy (non-hydrogen) atoms. The molecule has 0 saturated heterocycles. The molecule has 308 valence electrons. The minimum Gasteiger partial charge on any atom is -0.456 e. The van der Waals surface area contributed by atoms with Crippen molar-refractivity contribution in [3.05, 3.63) is 190 Å². The molecule has 0 bridgehead atoms. The lowest BCUT2D eigenvalue weighted by molar-refractivity contribution is 0.651. The van der Waals surface area contributed by atoms with Crippen LogP contribution in [0.4, 0.5) is 34.1 Å². The Kier molecular flexibility index (Phi) is 8.82. The van der Waals surface area contributed by atoms with Gasteiger partial charge < -0.3 is 18.6 Å². The molecular weight excluding hydrogens is 769 g/mol. The standard InChI is InChI=1S/C59H50N2O2/c1-33-14-10-15-34(2)54(33)60(55-35(3)16-11-17-36(55)4)46-24-22-42-28-48-50-32-51-49-29-43-23-25-47(61(56-37(5)18-12-19-38(56)6)57-39(7)20-13-21-40(57)8)27-45(43)31-53(49)63-59(51)41(9)58(50)62-52(48)30-44(42)26-46/h10-32H,1-9H3. The molecule has 11 rings (SSSR count). The van der Waals surface area contributed by atoms with Crippen LogP contribution in [0.3, 0.4) is 0 Å². The van der Waals surface area contributed by atoms with Crippen molar-refractivity contribution in [3.8, 4) is 0 Å². The summed E-state index contributed by atoms with van der Waals surface area (Å²) in [5, 5.41) is 9.02. The molecule has 2 aromatic heterocycles. The second-order valence-electron chi connectivity index (χ2n) is 17.9. The SMILES string of the molecule is Cc1cccc(C)c1N(c1ccc2cc3c(cc2c1)oc1c(C)c2oc4cc5cc(N(c6c(C)cccc6C)c6c(C)cccc6C)ccc5cc4c2cc13)c1c(C)cccc1C. The Bertz CT molecular complexity index is 3270. The van der Waals surface area contributed by atoms with E-state index in [0.29, 0.717) is 0 Å². The van der Waals surface area contributed by atoms with Crippen LogP contribution in [0.1, 0.15) is 50.1 Å². The third-order valence-electron chi connectivity index (χ3n) is 13.5. The predicted octanol–water partition coefficient (Wildman–Crippen LogP) is 17.5. The highest BCUT2D eigenvalue weighted by Crippen LogP contribution is 2.47. The maximum Gasteiger partial charge on any atom is 0.142 e. The van der Waals surface area contributed by atoms with Crippen molar-refractivity contribution in [3.63, 3.8) is 0 Å². The summed E-state index contributed by atoms with van der Waals surface area (Å²) in [6.07, 6.45) is 0. The number of hydrogen-bond donors (Lipinski definition) is 0. The van der Waals surface area contributed by atoms with Gasteiger partial charge in [-0.2, -0.15) is 0 Å². The summed E-state index contributed by atoms with van der Waals surface area (Å²) < 4.78 is 13.6. The second kappa shape index (κ2) is 14.4. The molecule has 0 aliphatic carbocycles. The van der Waals surface area contributed by atoms with Crippen molar-refractivity contribution >= 4 is 99.5 Å². The highest BCUT2D eigenvalue weighted by atomic mass is 16.3. The summed E-state index contributed by atoms with van der Waals surface area (Å²) in [6.45, 7) is 19.8.